The zero-order valence-corrected chi connectivity index (χ0v) is 14.5. The normalized spacial score (nSPS) is 16.9. The van der Waals surface area contributed by atoms with Crippen LogP contribution >= 0.6 is 11.6 Å². The number of benzene rings is 2. The van der Waals surface area contributed by atoms with Crippen molar-refractivity contribution >= 4 is 34.4 Å². The minimum Gasteiger partial charge on any atom is -0.448 e. The minimum atomic E-state index is -0.437. The Morgan fingerprint density at radius 3 is 2.73 bits per heavy atom. The van der Waals surface area contributed by atoms with Crippen LogP contribution in [0.25, 0.3) is 11.0 Å². The molecule has 1 saturated heterocycles. The summed E-state index contributed by atoms with van der Waals surface area (Å²) in [5.41, 5.74) is 2.09. The fourth-order valence-electron chi connectivity index (χ4n) is 3.08. The fourth-order valence-corrected chi connectivity index (χ4v) is 3.38. The molecule has 0 bridgehead atoms. The Morgan fingerprint density at radius 2 is 1.92 bits per heavy atom. The second kappa shape index (κ2) is 6.70. The van der Waals surface area contributed by atoms with Crippen molar-refractivity contribution in [3.05, 3.63) is 70.4 Å². The molecule has 2 heterocycles. The second-order valence-corrected chi connectivity index (χ2v) is 6.49. The quantitative estimate of drug-likeness (QED) is 0.525. The number of halogens is 1. The second-order valence-electron chi connectivity index (χ2n) is 6.11. The van der Waals surface area contributed by atoms with E-state index in [2.05, 4.69) is 17.2 Å². The molecule has 3 aromatic rings. The predicted molar refractivity (Wildman–Crippen MR) is 98.8 cm³/mol. The molecule has 4 rings (SSSR count). The molecule has 1 unspecified atom stereocenters. The van der Waals surface area contributed by atoms with E-state index in [9.17, 15) is 9.59 Å². The molecule has 2 aromatic carbocycles. The number of piperidine rings is 1. The zero-order chi connectivity index (χ0) is 18.1. The maximum Gasteiger partial charge on any atom is 0.234 e. The summed E-state index contributed by atoms with van der Waals surface area (Å²) in [5.74, 6) is 5.55. The van der Waals surface area contributed by atoms with Crippen molar-refractivity contribution in [3.8, 4) is 11.8 Å². The lowest BCUT2D eigenvalue weighted by Gasteiger charge is -2.22. The van der Waals surface area contributed by atoms with Crippen LogP contribution in [-0.4, -0.2) is 11.8 Å². The van der Waals surface area contributed by atoms with Gasteiger partial charge in [-0.3, -0.25) is 14.9 Å². The molecule has 0 saturated carbocycles. The van der Waals surface area contributed by atoms with Gasteiger partial charge in [-0.05, 0) is 30.0 Å². The Balaban J connectivity index is 1.66. The van der Waals surface area contributed by atoms with Crippen molar-refractivity contribution in [3.63, 3.8) is 0 Å². The first-order valence-electron chi connectivity index (χ1n) is 8.24. The van der Waals surface area contributed by atoms with Crippen LogP contribution in [0.5, 0.6) is 0 Å². The summed E-state index contributed by atoms with van der Waals surface area (Å²) in [7, 11) is 0. The topological polar surface area (TPSA) is 59.3 Å². The van der Waals surface area contributed by atoms with Gasteiger partial charge in [0, 0.05) is 23.4 Å². The van der Waals surface area contributed by atoms with Crippen LogP contribution in [0.1, 0.15) is 35.6 Å². The van der Waals surface area contributed by atoms with Crippen LogP contribution in [-0.2, 0) is 9.59 Å². The average Bonchev–Trinajstić information content (AvgIpc) is 3.04. The maximum absolute atomic E-state index is 12.1. The molecule has 0 radical (unpaired) electrons. The van der Waals surface area contributed by atoms with Gasteiger partial charge >= 0.3 is 0 Å². The largest absolute Gasteiger partial charge is 0.448 e. The molecular weight excluding hydrogens is 350 g/mol. The van der Waals surface area contributed by atoms with Crippen LogP contribution < -0.4 is 5.32 Å². The van der Waals surface area contributed by atoms with Crippen molar-refractivity contribution in [1.29, 1.82) is 0 Å². The molecule has 1 fully saturated rings. The van der Waals surface area contributed by atoms with Gasteiger partial charge in [-0.1, -0.05) is 47.9 Å². The Labute approximate surface area is 155 Å². The summed E-state index contributed by atoms with van der Waals surface area (Å²) in [6.07, 6.45) is 0.756. The Bertz CT molecular complexity index is 1050. The molecule has 2 amide bonds. The molecule has 1 aliphatic rings. The Morgan fingerprint density at radius 1 is 1.08 bits per heavy atom. The molecular formula is C21H14ClNO3. The number of amides is 2. The molecule has 1 N–H and O–H groups in total. The van der Waals surface area contributed by atoms with Gasteiger partial charge in [-0.15, -0.1) is 0 Å². The van der Waals surface area contributed by atoms with E-state index in [1.807, 2.05) is 36.4 Å². The summed E-state index contributed by atoms with van der Waals surface area (Å²) in [6.45, 7) is 0. The van der Waals surface area contributed by atoms with Gasteiger partial charge in [-0.25, -0.2) is 0 Å². The van der Waals surface area contributed by atoms with E-state index in [0.29, 0.717) is 34.8 Å². The van der Waals surface area contributed by atoms with Crippen LogP contribution in [0.3, 0.4) is 0 Å². The first-order valence-corrected chi connectivity index (χ1v) is 8.62. The van der Waals surface area contributed by atoms with E-state index >= 15 is 0 Å². The number of furan rings is 1. The molecule has 1 atom stereocenters. The van der Waals surface area contributed by atoms with Crippen molar-refractivity contribution in [2.24, 2.45) is 0 Å². The number of hydrogen-bond donors (Lipinski definition) is 1. The summed E-state index contributed by atoms with van der Waals surface area (Å²) >= 11 is 6.49. The highest BCUT2D eigenvalue weighted by atomic mass is 35.5. The summed E-state index contributed by atoms with van der Waals surface area (Å²) in [4.78, 5) is 23.4. The van der Waals surface area contributed by atoms with E-state index in [0.717, 1.165) is 11.0 Å². The van der Waals surface area contributed by atoms with E-state index < -0.39 is 5.92 Å². The molecule has 1 aromatic heterocycles. The summed E-state index contributed by atoms with van der Waals surface area (Å²) in [5, 5.41) is 3.78. The number of carbonyl (C=O) groups is 2. The third-order valence-corrected chi connectivity index (χ3v) is 4.81. The zero-order valence-electron chi connectivity index (χ0n) is 13.7. The molecule has 5 heteroatoms. The molecule has 0 spiro atoms. The number of nitrogens with one attached hydrogen (secondary N) is 1. The number of fused-ring (bicyclic) bond motifs is 1. The van der Waals surface area contributed by atoms with Gasteiger partial charge < -0.3 is 4.42 Å². The third kappa shape index (κ3) is 3.10. The smallest absolute Gasteiger partial charge is 0.234 e. The SMILES string of the molecule is O=C1CCC(c2cccc(C#Cc3cc4ccccc4o3)c2Cl)C(=O)N1. The average molecular weight is 364 g/mol. The van der Waals surface area contributed by atoms with Crippen molar-refractivity contribution in [2.45, 2.75) is 18.8 Å². The molecule has 26 heavy (non-hydrogen) atoms. The van der Waals surface area contributed by atoms with Crippen LogP contribution in [0.15, 0.2) is 52.9 Å². The van der Waals surface area contributed by atoms with E-state index in [-0.39, 0.29) is 11.8 Å². The maximum atomic E-state index is 12.1. The van der Waals surface area contributed by atoms with E-state index in [1.165, 1.54) is 0 Å². The highest BCUT2D eigenvalue weighted by Gasteiger charge is 2.29. The lowest BCUT2D eigenvalue weighted by Crippen LogP contribution is -2.39. The van der Waals surface area contributed by atoms with Gasteiger partial charge in [0.15, 0.2) is 5.76 Å². The van der Waals surface area contributed by atoms with E-state index in [1.54, 1.807) is 12.1 Å². The first-order chi connectivity index (χ1) is 12.6. The monoisotopic (exact) mass is 363 g/mol. The first kappa shape index (κ1) is 16.4. The number of carbonyl (C=O) groups excluding carboxylic acids is 2. The lowest BCUT2D eigenvalue weighted by molar-refractivity contribution is -0.134. The van der Waals surface area contributed by atoms with Gasteiger partial charge in [0.05, 0.1) is 10.9 Å². The fraction of sp³-hybridized carbons (Fsp3) is 0.143. The van der Waals surface area contributed by atoms with Gasteiger partial charge in [-0.2, -0.15) is 0 Å². The predicted octanol–water partition coefficient (Wildman–Crippen LogP) is 4.01. The van der Waals surface area contributed by atoms with Crippen LogP contribution in [0, 0.1) is 11.8 Å². The Hall–Kier alpha value is -3.03. The number of hydrogen-bond acceptors (Lipinski definition) is 3. The number of para-hydroxylation sites is 1. The van der Waals surface area contributed by atoms with Crippen LogP contribution in [0.4, 0.5) is 0 Å². The highest BCUT2D eigenvalue weighted by Crippen LogP contribution is 2.32. The summed E-state index contributed by atoms with van der Waals surface area (Å²) < 4.78 is 5.69. The lowest BCUT2D eigenvalue weighted by atomic mass is 9.89. The number of imide groups is 1. The summed E-state index contributed by atoms with van der Waals surface area (Å²) in [6, 6.07) is 15.0. The standard InChI is InChI=1S/C21H14ClNO3/c22-20-13(8-9-15-12-14-4-1-2-7-18(14)26-15)5-3-6-16(20)17-10-11-19(24)23-21(17)25/h1-7,12,17H,10-11H2,(H,23,24,25). The van der Waals surface area contributed by atoms with Crippen molar-refractivity contribution in [2.75, 3.05) is 0 Å². The molecule has 128 valence electrons. The van der Waals surface area contributed by atoms with Gasteiger partial charge in [0.25, 0.3) is 0 Å². The van der Waals surface area contributed by atoms with Crippen molar-refractivity contribution in [1.82, 2.24) is 5.32 Å². The molecule has 1 aliphatic heterocycles. The van der Waals surface area contributed by atoms with Gasteiger partial charge in [0.2, 0.25) is 11.8 Å². The molecule has 4 nitrogen and oxygen atoms in total. The van der Waals surface area contributed by atoms with E-state index in [4.69, 9.17) is 16.0 Å². The highest BCUT2D eigenvalue weighted by molar-refractivity contribution is 6.33. The molecule has 0 aliphatic carbocycles. The minimum absolute atomic E-state index is 0.247. The number of rotatable bonds is 1. The van der Waals surface area contributed by atoms with Gasteiger partial charge in [0.1, 0.15) is 5.58 Å². The third-order valence-electron chi connectivity index (χ3n) is 4.39. The van der Waals surface area contributed by atoms with Crippen molar-refractivity contribution < 1.29 is 14.0 Å². The Kier molecular flexibility index (Phi) is 4.24. The van der Waals surface area contributed by atoms with Crippen LogP contribution in [0.2, 0.25) is 5.02 Å².